The number of anilines is 2. The zero-order valence-electron chi connectivity index (χ0n) is 17.5. The molecule has 0 radical (unpaired) electrons. The Bertz CT molecular complexity index is 1280. The van der Waals surface area contributed by atoms with Gasteiger partial charge in [0, 0.05) is 30.4 Å². The van der Waals surface area contributed by atoms with E-state index in [0.717, 1.165) is 15.9 Å². The second kappa shape index (κ2) is 9.07. The molecule has 0 saturated carbocycles. The van der Waals surface area contributed by atoms with Gasteiger partial charge in [0.05, 0.1) is 0 Å². The second-order valence-corrected chi connectivity index (χ2v) is 7.31. The minimum atomic E-state index is -0.895. The summed E-state index contributed by atoms with van der Waals surface area (Å²) in [6.07, 6.45) is 0.681. The van der Waals surface area contributed by atoms with Crippen LogP contribution in [-0.2, 0) is 32.1 Å². The molecular weight excluding hydrogens is 435 g/mol. The minimum Gasteiger partial charge on any atom is -0.454 e. The first-order valence-corrected chi connectivity index (χ1v) is 10.0. The zero-order chi connectivity index (χ0) is 23.5. The normalized spacial score (nSPS) is 12.4. The lowest BCUT2D eigenvalue weighted by Gasteiger charge is -2.15. The van der Waals surface area contributed by atoms with E-state index in [4.69, 9.17) is 9.15 Å². The first-order chi connectivity index (χ1) is 15.8. The Morgan fingerprint density at radius 2 is 1.94 bits per heavy atom. The highest BCUT2D eigenvalue weighted by molar-refractivity contribution is 5.96. The summed E-state index contributed by atoms with van der Waals surface area (Å²) in [5.41, 5.74) is 2.62. The summed E-state index contributed by atoms with van der Waals surface area (Å²) >= 11 is 0. The summed E-state index contributed by atoms with van der Waals surface area (Å²) in [4.78, 5) is 49.4. The maximum absolute atomic E-state index is 13.0. The monoisotopic (exact) mass is 454 g/mol. The van der Waals surface area contributed by atoms with Crippen molar-refractivity contribution in [2.24, 2.45) is 0 Å². The minimum absolute atomic E-state index is 0.0477. The molecule has 3 aromatic rings. The van der Waals surface area contributed by atoms with Crippen LogP contribution >= 0.6 is 0 Å². The molecule has 4 rings (SSSR count). The van der Waals surface area contributed by atoms with Crippen LogP contribution in [0.25, 0.3) is 11.5 Å². The summed E-state index contributed by atoms with van der Waals surface area (Å²) in [6.45, 7) is 0.962. The molecule has 170 valence electrons. The molecule has 2 heterocycles. The third kappa shape index (κ3) is 4.97. The van der Waals surface area contributed by atoms with Crippen LogP contribution in [-0.4, -0.2) is 40.7 Å². The molecule has 10 nitrogen and oxygen atoms in total. The number of carbonyl (C=O) groups is 3. The van der Waals surface area contributed by atoms with Crippen molar-refractivity contribution in [1.82, 2.24) is 9.78 Å². The molecule has 0 unspecified atom stereocenters. The van der Waals surface area contributed by atoms with Gasteiger partial charge in [-0.2, -0.15) is 4.68 Å². The third-order valence-electron chi connectivity index (χ3n) is 4.98. The van der Waals surface area contributed by atoms with Gasteiger partial charge < -0.3 is 19.4 Å². The van der Waals surface area contributed by atoms with E-state index >= 15 is 0 Å². The van der Waals surface area contributed by atoms with Crippen molar-refractivity contribution in [2.45, 2.75) is 19.9 Å². The number of halogens is 1. The summed E-state index contributed by atoms with van der Waals surface area (Å²) in [7, 11) is 0. The van der Waals surface area contributed by atoms with Gasteiger partial charge >= 0.3 is 11.7 Å². The molecule has 1 aliphatic heterocycles. The fourth-order valence-corrected chi connectivity index (χ4v) is 3.43. The van der Waals surface area contributed by atoms with E-state index in [9.17, 15) is 23.6 Å². The van der Waals surface area contributed by atoms with Crippen molar-refractivity contribution in [2.75, 3.05) is 23.4 Å². The van der Waals surface area contributed by atoms with Crippen LogP contribution in [0.3, 0.4) is 0 Å². The van der Waals surface area contributed by atoms with Crippen molar-refractivity contribution < 1.29 is 27.9 Å². The van der Waals surface area contributed by atoms with Gasteiger partial charge in [0.1, 0.15) is 12.4 Å². The number of amides is 2. The molecule has 1 N–H and O–H groups in total. The summed E-state index contributed by atoms with van der Waals surface area (Å²) in [6, 6.07) is 10.3. The van der Waals surface area contributed by atoms with Gasteiger partial charge in [-0.05, 0) is 54.4 Å². The Kier molecular flexibility index (Phi) is 6.03. The van der Waals surface area contributed by atoms with E-state index in [1.165, 1.54) is 31.2 Å². The number of carbonyl (C=O) groups excluding carboxylic acids is 3. The number of esters is 1. The number of ether oxygens (including phenoxy) is 1. The molecule has 2 amide bonds. The van der Waals surface area contributed by atoms with Crippen LogP contribution in [0, 0.1) is 5.82 Å². The highest BCUT2D eigenvalue weighted by Crippen LogP contribution is 2.30. The van der Waals surface area contributed by atoms with E-state index in [-0.39, 0.29) is 11.8 Å². The van der Waals surface area contributed by atoms with Gasteiger partial charge in [-0.25, -0.2) is 9.18 Å². The Hall–Kier alpha value is -4.28. The number of benzene rings is 2. The van der Waals surface area contributed by atoms with E-state index < -0.39 is 36.6 Å². The van der Waals surface area contributed by atoms with Crippen LogP contribution < -0.4 is 16.0 Å². The molecule has 11 heteroatoms. The van der Waals surface area contributed by atoms with E-state index in [2.05, 4.69) is 10.4 Å². The predicted molar refractivity (Wildman–Crippen MR) is 114 cm³/mol. The lowest BCUT2D eigenvalue weighted by Crippen LogP contribution is -2.26. The van der Waals surface area contributed by atoms with Crippen LogP contribution in [0.15, 0.2) is 51.7 Å². The topological polar surface area (TPSA) is 124 Å². The van der Waals surface area contributed by atoms with E-state index in [0.29, 0.717) is 24.2 Å². The summed E-state index contributed by atoms with van der Waals surface area (Å²) in [5, 5.41) is 6.51. The lowest BCUT2D eigenvalue weighted by molar-refractivity contribution is -0.148. The standard InChI is InChI=1S/C22H19FN4O6/c1-13(28)26-9-8-15-10-17(6-7-18(15)26)24-19(29)12-32-20(30)11-27-22(31)33-21(25-27)14-2-4-16(23)5-3-14/h2-7,10H,8-9,11-12H2,1H3,(H,24,29). The van der Waals surface area contributed by atoms with Gasteiger partial charge in [-0.15, -0.1) is 5.10 Å². The number of nitrogens with zero attached hydrogens (tertiary/aromatic N) is 3. The third-order valence-corrected chi connectivity index (χ3v) is 4.98. The van der Waals surface area contributed by atoms with Crippen LogP contribution in [0.4, 0.5) is 15.8 Å². The Morgan fingerprint density at radius 3 is 2.67 bits per heavy atom. The summed E-state index contributed by atoms with van der Waals surface area (Å²) < 4.78 is 23.7. The molecule has 33 heavy (non-hydrogen) atoms. The van der Waals surface area contributed by atoms with Crippen molar-refractivity contribution in [3.63, 3.8) is 0 Å². The molecule has 0 atom stereocenters. The lowest BCUT2D eigenvalue weighted by atomic mass is 10.1. The van der Waals surface area contributed by atoms with Crippen molar-refractivity contribution in [3.05, 3.63) is 64.4 Å². The molecule has 0 saturated heterocycles. The van der Waals surface area contributed by atoms with Gasteiger partial charge in [0.2, 0.25) is 11.8 Å². The van der Waals surface area contributed by atoms with E-state index in [1.54, 1.807) is 23.1 Å². The van der Waals surface area contributed by atoms with Crippen molar-refractivity contribution in [1.29, 1.82) is 0 Å². The van der Waals surface area contributed by atoms with E-state index in [1.807, 2.05) is 0 Å². The molecule has 0 spiro atoms. The molecule has 1 aromatic heterocycles. The quantitative estimate of drug-likeness (QED) is 0.563. The second-order valence-electron chi connectivity index (χ2n) is 7.31. The first-order valence-electron chi connectivity index (χ1n) is 10.0. The average molecular weight is 454 g/mol. The molecule has 0 fully saturated rings. The molecule has 2 aromatic carbocycles. The fourth-order valence-electron chi connectivity index (χ4n) is 3.43. The predicted octanol–water partition coefficient (Wildman–Crippen LogP) is 1.73. The maximum Gasteiger partial charge on any atom is 0.437 e. The molecule has 1 aliphatic rings. The van der Waals surface area contributed by atoms with Crippen molar-refractivity contribution >= 4 is 29.2 Å². The van der Waals surface area contributed by atoms with Crippen molar-refractivity contribution in [3.8, 4) is 11.5 Å². The zero-order valence-corrected chi connectivity index (χ0v) is 17.5. The molecular formula is C22H19FN4O6. The Balaban J connectivity index is 1.31. The fraction of sp³-hybridized carbons (Fsp3) is 0.227. The Labute approximate surface area is 186 Å². The van der Waals surface area contributed by atoms with Gasteiger partial charge in [-0.3, -0.25) is 14.4 Å². The SMILES string of the molecule is CC(=O)N1CCc2cc(NC(=O)COC(=O)Cn3nc(-c4ccc(F)cc4)oc3=O)ccc21. The first kappa shape index (κ1) is 21.9. The number of aromatic nitrogens is 2. The number of hydrogen-bond acceptors (Lipinski definition) is 7. The Morgan fingerprint density at radius 1 is 1.18 bits per heavy atom. The van der Waals surface area contributed by atoms with Gasteiger partial charge in [-0.1, -0.05) is 0 Å². The number of fused-ring (bicyclic) bond motifs is 1. The van der Waals surface area contributed by atoms with Gasteiger partial charge in [0.25, 0.3) is 5.91 Å². The average Bonchev–Trinajstić information content (AvgIpc) is 3.36. The number of rotatable bonds is 6. The maximum atomic E-state index is 13.0. The number of nitrogens with one attached hydrogen (secondary N) is 1. The molecule has 0 aliphatic carbocycles. The van der Waals surface area contributed by atoms with Crippen LogP contribution in [0.1, 0.15) is 12.5 Å². The number of hydrogen-bond donors (Lipinski definition) is 1. The van der Waals surface area contributed by atoms with Crippen LogP contribution in [0.5, 0.6) is 0 Å². The smallest absolute Gasteiger partial charge is 0.437 e. The molecule has 0 bridgehead atoms. The largest absolute Gasteiger partial charge is 0.454 e. The highest BCUT2D eigenvalue weighted by Gasteiger charge is 2.22. The highest BCUT2D eigenvalue weighted by atomic mass is 19.1. The van der Waals surface area contributed by atoms with Crippen LogP contribution in [0.2, 0.25) is 0 Å². The van der Waals surface area contributed by atoms with Gasteiger partial charge in [0.15, 0.2) is 6.61 Å². The summed E-state index contributed by atoms with van der Waals surface area (Å²) in [5.74, 6) is -2.91.